The van der Waals surface area contributed by atoms with Gasteiger partial charge in [-0.15, -0.1) is 13.2 Å². The van der Waals surface area contributed by atoms with Crippen molar-refractivity contribution in [1.82, 2.24) is 24.9 Å². The maximum Gasteiger partial charge on any atom is 0.259 e. The highest BCUT2D eigenvalue weighted by molar-refractivity contribution is 7.91. The third kappa shape index (κ3) is 8.99. The highest BCUT2D eigenvalue weighted by Crippen LogP contribution is 2.45. The minimum atomic E-state index is -3.89. The first-order valence-electron chi connectivity index (χ1n) is 18.4. The second-order valence-corrected chi connectivity index (χ2v) is 16.6. The number of aromatic nitrogens is 2. The van der Waals surface area contributed by atoms with Crippen LogP contribution in [0, 0.1) is 5.92 Å². The van der Waals surface area contributed by atoms with Crippen molar-refractivity contribution in [1.29, 1.82) is 0 Å². The highest BCUT2D eigenvalue weighted by atomic mass is 35.5. The standard InChI is InChI=1S/C39H47ClN6O8S/c1-5-7-8-9-10-11-31(43-26-13-17-34(53-4)41-21-26)37(48)46-23-27(54-36-30-18-25(40)12-16-29(30)33(52-3)22-42-36)19-32(46)35(47)44-39(20-24(39)6-2)38(49)45-55(50,51)28-14-15-28/h5-6,12-13,16-18,21-22,24,27-28,31-32,43H,1-2,7-11,14-15,19-20,23H2,3-4H3,(H,44,47)(H,45,49)/t24-,27-,31?,32+,39-/m1/s1. The van der Waals surface area contributed by atoms with Crippen molar-refractivity contribution in [2.45, 2.75) is 86.8 Å². The Kier molecular flexibility index (Phi) is 12.2. The topological polar surface area (TPSA) is 178 Å². The van der Waals surface area contributed by atoms with E-state index in [0.29, 0.717) is 58.8 Å². The van der Waals surface area contributed by atoms with E-state index in [9.17, 15) is 22.8 Å². The molecule has 3 aliphatic rings. The lowest BCUT2D eigenvalue weighted by molar-refractivity contribution is -0.140. The van der Waals surface area contributed by atoms with Crippen LogP contribution in [0.1, 0.15) is 57.8 Å². The van der Waals surface area contributed by atoms with Gasteiger partial charge in [-0.2, -0.15) is 0 Å². The molecule has 3 heterocycles. The van der Waals surface area contributed by atoms with Crippen molar-refractivity contribution >= 4 is 55.8 Å². The van der Waals surface area contributed by atoms with Crippen LogP contribution in [0.2, 0.25) is 5.02 Å². The fourth-order valence-electron chi connectivity index (χ4n) is 7.03. The number of unbranched alkanes of at least 4 members (excludes halogenated alkanes) is 3. The van der Waals surface area contributed by atoms with Crippen molar-refractivity contribution in [2.24, 2.45) is 5.92 Å². The molecule has 2 aliphatic carbocycles. The first-order valence-corrected chi connectivity index (χ1v) is 20.3. The lowest BCUT2D eigenvalue weighted by Gasteiger charge is -2.30. The zero-order valence-corrected chi connectivity index (χ0v) is 32.5. The fraction of sp³-hybridized carbons (Fsp3) is 0.462. The van der Waals surface area contributed by atoms with E-state index in [1.54, 1.807) is 36.5 Å². The smallest absolute Gasteiger partial charge is 0.259 e. The molecule has 0 radical (unpaired) electrons. The Hall–Kier alpha value is -4.89. The number of nitrogens with one attached hydrogen (secondary N) is 3. The number of hydrogen-bond donors (Lipinski definition) is 3. The first-order chi connectivity index (χ1) is 26.4. The Morgan fingerprint density at radius 3 is 2.51 bits per heavy atom. The van der Waals surface area contributed by atoms with Crippen LogP contribution in [-0.4, -0.2) is 90.7 Å². The summed E-state index contributed by atoms with van der Waals surface area (Å²) >= 11 is 6.37. The third-order valence-electron chi connectivity index (χ3n) is 10.4. The molecule has 5 atom stereocenters. The van der Waals surface area contributed by atoms with Gasteiger partial charge in [0.25, 0.3) is 5.91 Å². The van der Waals surface area contributed by atoms with E-state index in [0.717, 1.165) is 19.3 Å². The van der Waals surface area contributed by atoms with E-state index in [2.05, 4.69) is 38.5 Å². The predicted molar refractivity (Wildman–Crippen MR) is 209 cm³/mol. The molecule has 14 nitrogen and oxygen atoms in total. The number of hydrogen-bond acceptors (Lipinski definition) is 11. The largest absolute Gasteiger partial charge is 0.494 e. The number of fused-ring (bicyclic) bond motifs is 1. The van der Waals surface area contributed by atoms with Crippen LogP contribution in [0.3, 0.4) is 0 Å². The van der Waals surface area contributed by atoms with Gasteiger partial charge in [-0.3, -0.25) is 19.1 Å². The van der Waals surface area contributed by atoms with Gasteiger partial charge in [-0.1, -0.05) is 36.6 Å². The van der Waals surface area contributed by atoms with E-state index in [1.165, 1.54) is 31.4 Å². The lowest BCUT2D eigenvalue weighted by Crippen LogP contribution is -2.57. The number of rotatable bonds is 19. The number of amides is 3. The van der Waals surface area contributed by atoms with Crippen molar-refractivity contribution in [3.8, 4) is 17.5 Å². The summed E-state index contributed by atoms with van der Waals surface area (Å²) in [4.78, 5) is 52.9. The zero-order chi connectivity index (χ0) is 39.3. The normalized spacial score (nSPS) is 22.3. The minimum absolute atomic E-state index is 0.0162. The van der Waals surface area contributed by atoms with Crippen LogP contribution in [0.5, 0.6) is 17.5 Å². The van der Waals surface area contributed by atoms with Gasteiger partial charge in [0.1, 0.15) is 29.5 Å². The molecule has 1 saturated heterocycles. The summed E-state index contributed by atoms with van der Waals surface area (Å²) in [6, 6.07) is 6.84. The van der Waals surface area contributed by atoms with Crippen molar-refractivity contribution in [3.05, 3.63) is 73.1 Å². The van der Waals surface area contributed by atoms with Crippen molar-refractivity contribution in [3.63, 3.8) is 0 Å². The minimum Gasteiger partial charge on any atom is -0.494 e. The van der Waals surface area contributed by atoms with E-state index >= 15 is 0 Å². The molecular weight excluding hydrogens is 748 g/mol. The molecule has 294 valence electrons. The number of pyridine rings is 2. The number of carbonyl (C=O) groups is 3. The molecule has 6 rings (SSSR count). The van der Waals surface area contributed by atoms with Crippen LogP contribution in [0.25, 0.3) is 10.8 Å². The summed E-state index contributed by atoms with van der Waals surface area (Å²) in [6.45, 7) is 7.61. The van der Waals surface area contributed by atoms with E-state index in [-0.39, 0.29) is 31.2 Å². The molecule has 55 heavy (non-hydrogen) atoms. The van der Waals surface area contributed by atoms with Gasteiger partial charge in [0.05, 0.1) is 44.1 Å². The van der Waals surface area contributed by atoms with Gasteiger partial charge in [0, 0.05) is 34.2 Å². The summed E-state index contributed by atoms with van der Waals surface area (Å²) in [6.07, 6.45) is 10.7. The molecule has 1 unspecified atom stereocenters. The maximum absolute atomic E-state index is 14.7. The Morgan fingerprint density at radius 1 is 1.05 bits per heavy atom. The number of sulfonamides is 1. The van der Waals surface area contributed by atoms with Gasteiger partial charge in [-0.25, -0.2) is 18.4 Å². The van der Waals surface area contributed by atoms with E-state index < -0.39 is 56.7 Å². The molecule has 2 aromatic heterocycles. The van der Waals surface area contributed by atoms with Gasteiger partial charge in [0.15, 0.2) is 0 Å². The van der Waals surface area contributed by atoms with Crippen molar-refractivity contribution in [2.75, 3.05) is 26.1 Å². The molecule has 16 heteroatoms. The number of halogens is 1. The second-order valence-electron chi connectivity index (χ2n) is 14.2. The fourth-order valence-corrected chi connectivity index (χ4v) is 8.57. The average molecular weight is 795 g/mol. The summed E-state index contributed by atoms with van der Waals surface area (Å²) in [5.74, 6) is -1.12. The quantitative estimate of drug-likeness (QED) is 0.111. The Bertz CT molecular complexity index is 2050. The SMILES string of the molecule is C=CCCCCCC(Nc1ccc(OC)nc1)C(=O)N1C[C@H](Oc2ncc(OC)c3ccc(Cl)cc23)C[C@H]1C(=O)N[C@]1(C(=O)NS(=O)(=O)C2CC2)C[C@H]1C=C. The predicted octanol–water partition coefficient (Wildman–Crippen LogP) is 4.94. The van der Waals surface area contributed by atoms with Gasteiger partial charge in [-0.05, 0) is 62.8 Å². The van der Waals surface area contributed by atoms with Gasteiger partial charge < -0.3 is 29.7 Å². The number of benzene rings is 1. The summed E-state index contributed by atoms with van der Waals surface area (Å²) in [5, 5.41) is 7.28. The average Bonchev–Trinajstić information content (AvgIpc) is 4.11. The molecule has 3 N–H and O–H groups in total. The Balaban J connectivity index is 1.30. The summed E-state index contributed by atoms with van der Waals surface area (Å²) < 4.78 is 44.8. The molecule has 0 spiro atoms. The van der Waals surface area contributed by atoms with Crippen LogP contribution < -0.4 is 29.6 Å². The Labute approximate surface area is 326 Å². The van der Waals surface area contributed by atoms with E-state index in [4.69, 9.17) is 25.8 Å². The molecule has 2 saturated carbocycles. The second kappa shape index (κ2) is 16.9. The van der Waals surface area contributed by atoms with Crippen LogP contribution >= 0.6 is 11.6 Å². The number of nitrogens with zero attached hydrogens (tertiary/aromatic N) is 3. The molecule has 0 bridgehead atoms. The zero-order valence-electron chi connectivity index (χ0n) is 31.0. The number of allylic oxidation sites excluding steroid dienone is 1. The Morgan fingerprint density at radius 2 is 1.85 bits per heavy atom. The molecule has 3 fully saturated rings. The molecule has 1 aromatic carbocycles. The molecular formula is C39H47ClN6O8S. The van der Waals surface area contributed by atoms with Gasteiger partial charge in [0.2, 0.25) is 33.6 Å². The summed E-state index contributed by atoms with van der Waals surface area (Å²) in [7, 11) is -0.844. The highest BCUT2D eigenvalue weighted by Gasteiger charge is 2.62. The van der Waals surface area contributed by atoms with Gasteiger partial charge >= 0.3 is 0 Å². The van der Waals surface area contributed by atoms with Crippen molar-refractivity contribution < 1.29 is 37.0 Å². The molecule has 3 aromatic rings. The number of methoxy groups -OCH3 is 2. The number of carbonyl (C=O) groups excluding carboxylic acids is 3. The third-order valence-corrected chi connectivity index (χ3v) is 12.4. The number of anilines is 1. The number of likely N-dealkylation sites (tertiary alicyclic amines) is 1. The van der Waals surface area contributed by atoms with Crippen LogP contribution in [0.15, 0.2) is 68.0 Å². The monoisotopic (exact) mass is 794 g/mol. The first kappa shape index (κ1) is 39.8. The lowest BCUT2D eigenvalue weighted by atomic mass is 10.0. The van der Waals surface area contributed by atoms with E-state index in [1.807, 2.05) is 6.08 Å². The maximum atomic E-state index is 14.7. The number of ether oxygens (including phenoxy) is 3. The van der Waals surface area contributed by atoms with Crippen LogP contribution in [-0.2, 0) is 24.4 Å². The molecule has 1 aliphatic heterocycles. The molecule has 3 amide bonds. The van der Waals surface area contributed by atoms with Crippen LogP contribution in [0.4, 0.5) is 5.69 Å². The summed E-state index contributed by atoms with van der Waals surface area (Å²) in [5.41, 5.74) is -0.945.